The monoisotopic (exact) mass is 499 g/mol. The lowest BCUT2D eigenvalue weighted by atomic mass is 9.73. The van der Waals surface area contributed by atoms with E-state index in [9.17, 15) is 17.8 Å². The van der Waals surface area contributed by atoms with E-state index in [1.165, 1.54) is 0 Å². The summed E-state index contributed by atoms with van der Waals surface area (Å²) < 4.78 is 47.6. The van der Waals surface area contributed by atoms with E-state index in [0.29, 0.717) is 18.8 Å². The van der Waals surface area contributed by atoms with Crippen LogP contribution in [0.5, 0.6) is 0 Å². The fourth-order valence-electron chi connectivity index (χ4n) is 4.51. The second-order valence-corrected chi connectivity index (χ2v) is 15.0. The lowest BCUT2D eigenvalue weighted by Crippen LogP contribution is -2.51. The molecule has 1 aliphatic carbocycles. The van der Waals surface area contributed by atoms with Gasteiger partial charge in [0.2, 0.25) is 10.0 Å². The second-order valence-electron chi connectivity index (χ2n) is 11.2. The Kier molecular flexibility index (Phi) is 7.08. The molecular formula is C23H37N3O5S2. The molecule has 2 aliphatic rings. The van der Waals surface area contributed by atoms with Gasteiger partial charge in [-0.3, -0.25) is 4.72 Å². The van der Waals surface area contributed by atoms with Gasteiger partial charge in [-0.15, -0.1) is 4.72 Å². The molecule has 1 amide bonds. The Morgan fingerprint density at radius 2 is 1.79 bits per heavy atom. The summed E-state index contributed by atoms with van der Waals surface area (Å²) in [5, 5.41) is 0. The first kappa shape index (κ1) is 26.1. The standard InChI is InChI=1S/C23H37N3O5S2/c1-21(2,3)31-20(27)26-12-10-23(11-13-26)15-16-8-9-17(25-33(7,29)30)14-18(16)19(23)24-32(28)22(4,5)6/h8-9,14,19,24-25H,10-13,15H2,1-7H3/t19-,32-/m1/s1. The summed E-state index contributed by atoms with van der Waals surface area (Å²) in [6.45, 7) is 12.4. The molecule has 1 heterocycles. The van der Waals surface area contributed by atoms with Crippen molar-refractivity contribution in [2.45, 2.75) is 77.2 Å². The number of benzene rings is 1. The van der Waals surface area contributed by atoms with Gasteiger partial charge in [0, 0.05) is 35.6 Å². The van der Waals surface area contributed by atoms with E-state index in [1.807, 2.05) is 53.7 Å². The molecular weight excluding hydrogens is 462 g/mol. The highest BCUT2D eigenvalue weighted by Gasteiger charge is 2.51. The largest absolute Gasteiger partial charge is 0.598 e. The summed E-state index contributed by atoms with van der Waals surface area (Å²) in [5.41, 5.74) is 1.81. The minimum atomic E-state index is -3.41. The topological polar surface area (TPSA) is 111 Å². The Morgan fingerprint density at radius 1 is 1.18 bits per heavy atom. The molecule has 0 bridgehead atoms. The molecule has 1 aromatic carbocycles. The Bertz CT molecular complexity index is 990. The quantitative estimate of drug-likeness (QED) is 0.611. The van der Waals surface area contributed by atoms with Crippen LogP contribution in [0, 0.1) is 5.41 Å². The average molecular weight is 500 g/mol. The van der Waals surface area contributed by atoms with Gasteiger partial charge in [0.15, 0.2) is 0 Å². The van der Waals surface area contributed by atoms with Crippen LogP contribution in [0.3, 0.4) is 0 Å². The van der Waals surface area contributed by atoms with Crippen molar-refractivity contribution in [2.75, 3.05) is 24.1 Å². The summed E-state index contributed by atoms with van der Waals surface area (Å²) in [6, 6.07) is 5.36. The highest BCUT2D eigenvalue weighted by Crippen LogP contribution is 2.53. The Hall–Kier alpha value is -1.49. The smallest absolute Gasteiger partial charge is 0.410 e. The Labute approximate surface area is 201 Å². The maximum absolute atomic E-state index is 13.1. The molecule has 1 aromatic rings. The van der Waals surface area contributed by atoms with Crippen LogP contribution in [0.4, 0.5) is 10.5 Å². The van der Waals surface area contributed by atoms with Gasteiger partial charge in [0.05, 0.1) is 12.3 Å². The Balaban J connectivity index is 1.88. The zero-order valence-electron chi connectivity index (χ0n) is 20.6. The number of likely N-dealkylation sites (tertiary alicyclic amines) is 1. The SMILES string of the molecule is CC(C)(C)OC(=O)N1CCC2(CC1)Cc1ccc(NS(C)(=O)=O)cc1[C@H]2N[S@+]([O-])C(C)(C)C. The van der Waals surface area contributed by atoms with Crippen LogP contribution in [0.2, 0.25) is 0 Å². The molecule has 10 heteroatoms. The number of ether oxygens (including phenoxy) is 1. The number of anilines is 1. The van der Waals surface area contributed by atoms with Crippen molar-refractivity contribution in [1.29, 1.82) is 0 Å². The third-order valence-electron chi connectivity index (χ3n) is 6.11. The van der Waals surface area contributed by atoms with Crippen LogP contribution < -0.4 is 9.44 Å². The molecule has 0 saturated carbocycles. The van der Waals surface area contributed by atoms with E-state index in [2.05, 4.69) is 9.44 Å². The van der Waals surface area contributed by atoms with E-state index in [0.717, 1.165) is 36.6 Å². The number of carbonyl (C=O) groups excluding carboxylic acids is 1. The fourth-order valence-corrected chi connectivity index (χ4v) is 6.01. The van der Waals surface area contributed by atoms with Crippen LogP contribution in [0.15, 0.2) is 18.2 Å². The van der Waals surface area contributed by atoms with Crippen LogP contribution >= 0.6 is 0 Å². The van der Waals surface area contributed by atoms with Gasteiger partial charge in [0.1, 0.15) is 10.3 Å². The molecule has 186 valence electrons. The zero-order chi connectivity index (χ0) is 24.8. The van der Waals surface area contributed by atoms with Gasteiger partial charge in [-0.05, 0) is 84.1 Å². The average Bonchev–Trinajstić information content (AvgIpc) is 2.91. The summed E-state index contributed by atoms with van der Waals surface area (Å²) >= 11 is -1.31. The van der Waals surface area contributed by atoms with Crippen molar-refractivity contribution in [1.82, 2.24) is 9.62 Å². The van der Waals surface area contributed by atoms with Crippen molar-refractivity contribution >= 4 is 33.2 Å². The highest BCUT2D eigenvalue weighted by molar-refractivity contribution is 7.92. The number of fused-ring (bicyclic) bond motifs is 1. The molecule has 2 N–H and O–H groups in total. The van der Waals surface area contributed by atoms with E-state index in [-0.39, 0.29) is 17.6 Å². The number of sulfonamides is 1. The van der Waals surface area contributed by atoms with E-state index >= 15 is 0 Å². The summed E-state index contributed by atoms with van der Waals surface area (Å²) in [5.74, 6) is 0. The van der Waals surface area contributed by atoms with Crippen molar-refractivity contribution in [3.8, 4) is 0 Å². The first-order chi connectivity index (χ1) is 15.0. The molecule has 2 atom stereocenters. The number of piperidine rings is 1. The number of hydrogen-bond acceptors (Lipinski definition) is 6. The molecule has 1 saturated heterocycles. The minimum absolute atomic E-state index is 0.213. The third kappa shape index (κ3) is 6.35. The second kappa shape index (κ2) is 8.94. The van der Waals surface area contributed by atoms with Gasteiger partial charge in [-0.2, -0.15) is 0 Å². The van der Waals surface area contributed by atoms with Crippen LogP contribution in [0.25, 0.3) is 0 Å². The number of rotatable bonds is 4. The summed E-state index contributed by atoms with van der Waals surface area (Å²) in [4.78, 5) is 14.3. The Morgan fingerprint density at radius 3 is 2.30 bits per heavy atom. The normalized spacial score (nSPS) is 21.6. The first-order valence-electron chi connectivity index (χ1n) is 11.3. The van der Waals surface area contributed by atoms with Gasteiger partial charge in [0.25, 0.3) is 0 Å². The van der Waals surface area contributed by atoms with Crippen molar-refractivity contribution in [3.63, 3.8) is 0 Å². The molecule has 0 radical (unpaired) electrons. The van der Waals surface area contributed by atoms with Gasteiger partial charge in [-0.1, -0.05) is 6.07 Å². The number of carbonyl (C=O) groups is 1. The third-order valence-corrected chi connectivity index (χ3v) is 8.28. The number of nitrogens with zero attached hydrogens (tertiary/aromatic N) is 1. The highest BCUT2D eigenvalue weighted by atomic mass is 32.2. The maximum atomic E-state index is 13.1. The summed E-state index contributed by atoms with van der Waals surface area (Å²) in [7, 11) is -3.41. The summed E-state index contributed by atoms with van der Waals surface area (Å²) in [6.07, 6.45) is 3.06. The minimum Gasteiger partial charge on any atom is -0.598 e. The lowest BCUT2D eigenvalue weighted by molar-refractivity contribution is 0.00716. The van der Waals surface area contributed by atoms with Crippen LogP contribution in [-0.4, -0.2) is 53.7 Å². The maximum Gasteiger partial charge on any atom is 0.410 e. The van der Waals surface area contributed by atoms with E-state index < -0.39 is 31.7 Å². The fraction of sp³-hybridized carbons (Fsp3) is 0.696. The van der Waals surface area contributed by atoms with Crippen LogP contribution in [-0.2, 0) is 32.5 Å². The van der Waals surface area contributed by atoms with Gasteiger partial charge < -0.3 is 14.2 Å². The number of amides is 1. The zero-order valence-corrected chi connectivity index (χ0v) is 22.3. The predicted octanol–water partition coefficient (Wildman–Crippen LogP) is 3.72. The van der Waals surface area contributed by atoms with Gasteiger partial charge >= 0.3 is 6.09 Å². The van der Waals surface area contributed by atoms with E-state index in [4.69, 9.17) is 4.74 Å². The van der Waals surface area contributed by atoms with Crippen molar-refractivity contribution < 1.29 is 22.5 Å². The lowest BCUT2D eigenvalue weighted by Gasteiger charge is -2.43. The van der Waals surface area contributed by atoms with Crippen molar-refractivity contribution in [3.05, 3.63) is 29.3 Å². The molecule has 1 aliphatic heterocycles. The molecule has 3 rings (SSSR count). The first-order valence-corrected chi connectivity index (χ1v) is 14.3. The molecule has 33 heavy (non-hydrogen) atoms. The molecule has 0 aromatic heterocycles. The molecule has 1 spiro atoms. The van der Waals surface area contributed by atoms with Crippen LogP contribution in [0.1, 0.15) is 71.6 Å². The predicted molar refractivity (Wildman–Crippen MR) is 132 cm³/mol. The van der Waals surface area contributed by atoms with E-state index in [1.54, 1.807) is 11.0 Å². The van der Waals surface area contributed by atoms with Gasteiger partial charge in [-0.25, -0.2) is 13.2 Å². The number of nitrogens with one attached hydrogen (secondary N) is 2. The van der Waals surface area contributed by atoms with Crippen molar-refractivity contribution in [2.24, 2.45) is 5.41 Å². The number of hydrogen-bond donors (Lipinski definition) is 2. The molecule has 1 fully saturated rings. The molecule has 8 nitrogen and oxygen atoms in total. The molecule has 0 unspecified atom stereocenters.